The minimum Gasteiger partial charge on any atom is -0.457 e. The molecule has 106 valence electrons. The largest absolute Gasteiger partial charge is 0.457 e. The summed E-state index contributed by atoms with van der Waals surface area (Å²) in [6.07, 6.45) is 0. The molecule has 6 nitrogen and oxygen atoms in total. The van der Waals surface area contributed by atoms with Crippen molar-refractivity contribution in [2.24, 2.45) is 0 Å². The Hall–Kier alpha value is -0.790. The number of esters is 2. The van der Waals surface area contributed by atoms with Crippen molar-refractivity contribution in [2.45, 2.75) is 32.4 Å². The van der Waals surface area contributed by atoms with E-state index < -0.39 is 17.5 Å². The molecular weight excluding hydrogens is 256 g/mol. The molecular formula is C11H22N2O4S. The lowest BCUT2D eigenvalue weighted by Crippen LogP contribution is -2.53. The van der Waals surface area contributed by atoms with Crippen molar-refractivity contribution in [3.05, 3.63) is 0 Å². The number of carbonyl (C=O) groups is 2. The summed E-state index contributed by atoms with van der Waals surface area (Å²) >= 11 is 0. The van der Waals surface area contributed by atoms with Crippen molar-refractivity contribution < 1.29 is 19.1 Å². The van der Waals surface area contributed by atoms with E-state index in [0.29, 0.717) is 13.1 Å². The first-order chi connectivity index (χ1) is 7.88. The van der Waals surface area contributed by atoms with Crippen molar-refractivity contribution in [2.75, 3.05) is 26.2 Å². The van der Waals surface area contributed by atoms with Crippen LogP contribution in [0.25, 0.3) is 0 Å². The molecule has 1 aliphatic heterocycles. The second kappa shape index (κ2) is 7.60. The average Bonchev–Trinajstić information content (AvgIpc) is 2.25. The van der Waals surface area contributed by atoms with Crippen molar-refractivity contribution in [3.8, 4) is 0 Å². The predicted molar refractivity (Wildman–Crippen MR) is 71.8 cm³/mol. The maximum absolute atomic E-state index is 11.5. The van der Waals surface area contributed by atoms with E-state index >= 15 is 0 Å². The number of hydrogen-bond donors (Lipinski definition) is 2. The molecule has 0 aromatic rings. The molecule has 1 unspecified atom stereocenters. The smallest absolute Gasteiger partial charge is 0.344 e. The molecule has 0 amide bonds. The van der Waals surface area contributed by atoms with Gasteiger partial charge in [0.2, 0.25) is 0 Å². The van der Waals surface area contributed by atoms with Crippen LogP contribution >= 0.6 is 13.5 Å². The Kier molecular flexibility index (Phi) is 7.27. The molecule has 0 aromatic carbocycles. The molecule has 1 aliphatic rings. The molecule has 1 heterocycles. The lowest BCUT2D eigenvalue weighted by Gasteiger charge is -2.23. The minimum atomic E-state index is -0.561. The van der Waals surface area contributed by atoms with Gasteiger partial charge in [-0.2, -0.15) is 13.5 Å². The van der Waals surface area contributed by atoms with Crippen molar-refractivity contribution in [3.63, 3.8) is 0 Å². The third kappa shape index (κ3) is 6.83. The zero-order valence-corrected chi connectivity index (χ0v) is 12.0. The first kappa shape index (κ1) is 17.2. The Balaban J connectivity index is 0.00000289. The van der Waals surface area contributed by atoms with Gasteiger partial charge in [-0.1, -0.05) is 0 Å². The summed E-state index contributed by atoms with van der Waals surface area (Å²) in [6, 6.07) is -0.383. The predicted octanol–water partition coefficient (Wildman–Crippen LogP) is -0.454. The van der Waals surface area contributed by atoms with Crippen LogP contribution in [0.3, 0.4) is 0 Å². The summed E-state index contributed by atoms with van der Waals surface area (Å²) in [5.41, 5.74) is -0.561. The van der Waals surface area contributed by atoms with E-state index in [1.165, 1.54) is 0 Å². The molecule has 0 spiro atoms. The van der Waals surface area contributed by atoms with Crippen molar-refractivity contribution in [1.82, 2.24) is 10.6 Å². The number of rotatable bonds is 3. The van der Waals surface area contributed by atoms with Crippen molar-refractivity contribution >= 4 is 25.4 Å². The van der Waals surface area contributed by atoms with Crippen LogP contribution in [-0.4, -0.2) is 49.8 Å². The van der Waals surface area contributed by atoms with E-state index in [2.05, 4.69) is 10.6 Å². The highest BCUT2D eigenvalue weighted by molar-refractivity contribution is 7.59. The normalized spacial score (nSPS) is 19.6. The van der Waals surface area contributed by atoms with E-state index in [4.69, 9.17) is 9.47 Å². The fourth-order valence-corrected chi connectivity index (χ4v) is 1.42. The van der Waals surface area contributed by atoms with Crippen LogP contribution in [0.5, 0.6) is 0 Å². The Morgan fingerprint density at radius 1 is 1.28 bits per heavy atom. The lowest BCUT2D eigenvalue weighted by molar-refractivity contribution is -0.167. The van der Waals surface area contributed by atoms with Gasteiger partial charge in [-0.15, -0.1) is 0 Å². The second-order valence-electron chi connectivity index (χ2n) is 4.90. The molecule has 2 N–H and O–H groups in total. The van der Waals surface area contributed by atoms with E-state index in [-0.39, 0.29) is 26.1 Å². The highest BCUT2D eigenvalue weighted by atomic mass is 32.1. The van der Waals surface area contributed by atoms with E-state index in [1.54, 1.807) is 20.8 Å². The van der Waals surface area contributed by atoms with Gasteiger partial charge in [-0.25, -0.2) is 4.79 Å². The SMILES string of the molecule is CC(C)(C)OC(=O)COC(=O)C1CNCCN1.S. The van der Waals surface area contributed by atoms with Gasteiger partial charge in [0, 0.05) is 19.6 Å². The zero-order chi connectivity index (χ0) is 12.9. The Morgan fingerprint density at radius 2 is 1.94 bits per heavy atom. The summed E-state index contributed by atoms with van der Waals surface area (Å²) in [7, 11) is 0. The van der Waals surface area contributed by atoms with Crippen LogP contribution in [0.1, 0.15) is 20.8 Å². The molecule has 18 heavy (non-hydrogen) atoms. The number of ether oxygens (including phenoxy) is 2. The van der Waals surface area contributed by atoms with E-state index in [9.17, 15) is 9.59 Å². The molecule has 0 saturated carbocycles. The summed E-state index contributed by atoms with van der Waals surface area (Å²) in [4.78, 5) is 22.8. The van der Waals surface area contributed by atoms with E-state index in [1.807, 2.05) is 0 Å². The molecule has 7 heteroatoms. The summed E-state index contributed by atoms with van der Waals surface area (Å²) in [5, 5.41) is 6.06. The Morgan fingerprint density at radius 3 is 2.44 bits per heavy atom. The molecule has 0 radical (unpaired) electrons. The first-order valence-corrected chi connectivity index (χ1v) is 5.71. The molecule has 0 aromatic heterocycles. The van der Waals surface area contributed by atoms with Crippen LogP contribution in [-0.2, 0) is 19.1 Å². The maximum Gasteiger partial charge on any atom is 0.344 e. The fraction of sp³-hybridized carbons (Fsp3) is 0.818. The average molecular weight is 278 g/mol. The highest BCUT2D eigenvalue weighted by Gasteiger charge is 2.23. The fourth-order valence-electron chi connectivity index (χ4n) is 1.42. The van der Waals surface area contributed by atoms with Crippen molar-refractivity contribution in [1.29, 1.82) is 0 Å². The van der Waals surface area contributed by atoms with Gasteiger partial charge in [0.25, 0.3) is 0 Å². The number of hydrogen-bond acceptors (Lipinski definition) is 6. The summed E-state index contributed by atoms with van der Waals surface area (Å²) in [5.74, 6) is -0.960. The molecule has 0 bridgehead atoms. The van der Waals surface area contributed by atoms with Crippen LogP contribution in [0.4, 0.5) is 0 Å². The van der Waals surface area contributed by atoms with Gasteiger partial charge in [0.1, 0.15) is 11.6 Å². The summed E-state index contributed by atoms with van der Waals surface area (Å²) < 4.78 is 9.90. The van der Waals surface area contributed by atoms with Crippen LogP contribution in [0.2, 0.25) is 0 Å². The molecule has 1 atom stereocenters. The van der Waals surface area contributed by atoms with Crippen LogP contribution < -0.4 is 10.6 Å². The van der Waals surface area contributed by atoms with Gasteiger partial charge in [0.15, 0.2) is 6.61 Å². The third-order valence-electron chi connectivity index (χ3n) is 2.08. The van der Waals surface area contributed by atoms with E-state index in [0.717, 1.165) is 6.54 Å². The topological polar surface area (TPSA) is 76.7 Å². The number of nitrogens with one attached hydrogen (secondary N) is 2. The van der Waals surface area contributed by atoms with Crippen LogP contribution in [0.15, 0.2) is 0 Å². The standard InChI is InChI=1S/C11H20N2O4.H2S/c1-11(2,3)17-9(14)7-16-10(15)8-6-12-4-5-13-8;/h8,12-13H,4-7H2,1-3H3;1H2. The van der Waals surface area contributed by atoms with Gasteiger partial charge in [0.05, 0.1) is 0 Å². The number of piperazine rings is 1. The van der Waals surface area contributed by atoms with Gasteiger partial charge in [-0.05, 0) is 20.8 Å². The van der Waals surface area contributed by atoms with Crippen LogP contribution in [0, 0.1) is 0 Å². The summed E-state index contributed by atoms with van der Waals surface area (Å²) in [6.45, 7) is 7.02. The second-order valence-corrected chi connectivity index (χ2v) is 4.90. The molecule has 1 rings (SSSR count). The monoisotopic (exact) mass is 278 g/mol. The van der Waals surface area contributed by atoms with Gasteiger partial charge in [-0.3, -0.25) is 4.79 Å². The molecule has 1 fully saturated rings. The van der Waals surface area contributed by atoms with Gasteiger partial charge >= 0.3 is 11.9 Å². The number of carbonyl (C=O) groups excluding carboxylic acids is 2. The first-order valence-electron chi connectivity index (χ1n) is 5.71. The maximum atomic E-state index is 11.5. The third-order valence-corrected chi connectivity index (χ3v) is 2.08. The Labute approximate surface area is 114 Å². The molecule has 1 saturated heterocycles. The zero-order valence-electron chi connectivity index (χ0n) is 11.0. The van der Waals surface area contributed by atoms with Gasteiger partial charge < -0.3 is 20.1 Å². The quantitative estimate of drug-likeness (QED) is 0.681. The lowest BCUT2D eigenvalue weighted by atomic mass is 10.2. The minimum absolute atomic E-state index is 0. The Bertz CT molecular complexity index is 285. The highest BCUT2D eigenvalue weighted by Crippen LogP contribution is 2.06. The molecule has 0 aliphatic carbocycles.